The average molecular weight is 361 g/mol. The molecule has 0 unspecified atom stereocenters. The first-order valence-corrected chi connectivity index (χ1v) is 7.99. The Kier molecular flexibility index (Phi) is 4.93. The number of ether oxygens (including phenoxy) is 1. The van der Waals surface area contributed by atoms with Crippen molar-refractivity contribution in [3.8, 4) is 0 Å². The van der Waals surface area contributed by atoms with E-state index in [0.29, 0.717) is 13.1 Å². The summed E-state index contributed by atoms with van der Waals surface area (Å²) in [6.45, 7) is 0.962. The smallest absolute Gasteiger partial charge is 0.362 e. The van der Waals surface area contributed by atoms with Crippen LogP contribution in [-0.2, 0) is 33.6 Å². The molecule has 0 radical (unpaired) electrons. The van der Waals surface area contributed by atoms with Crippen LogP contribution in [0.2, 0.25) is 0 Å². The monoisotopic (exact) mass is 361 g/mol. The van der Waals surface area contributed by atoms with Crippen molar-refractivity contribution in [3.05, 3.63) is 11.6 Å². The summed E-state index contributed by atoms with van der Waals surface area (Å²) in [4.78, 5) is 27.0. The molecule has 25 heavy (non-hydrogen) atoms. The number of hydrogen-bond acceptors (Lipinski definition) is 5. The van der Waals surface area contributed by atoms with Crippen molar-refractivity contribution in [2.75, 3.05) is 32.8 Å². The topological polar surface area (TPSA) is 80.6 Å². The molecule has 11 heteroatoms. The first kappa shape index (κ1) is 17.6. The van der Waals surface area contributed by atoms with Crippen LogP contribution >= 0.6 is 0 Å². The van der Waals surface area contributed by atoms with Gasteiger partial charge < -0.3 is 19.1 Å². The minimum atomic E-state index is -4.57. The number of amides is 2. The maximum Gasteiger partial charge on any atom is 0.451 e. The summed E-state index contributed by atoms with van der Waals surface area (Å²) in [6, 6.07) is 0. The van der Waals surface area contributed by atoms with Crippen LogP contribution in [0.15, 0.2) is 0 Å². The standard InChI is InChI=1S/C14H18F3N5O3/c15-14(16,17)13-19-18-10-7-21(5-6-22(10)13)12(24)9-25-8-11(23)20-3-1-2-4-20/h1-9H2. The van der Waals surface area contributed by atoms with Crippen LogP contribution in [0.1, 0.15) is 24.5 Å². The largest absolute Gasteiger partial charge is 0.451 e. The van der Waals surface area contributed by atoms with Crippen molar-refractivity contribution in [2.45, 2.75) is 32.1 Å². The van der Waals surface area contributed by atoms with Crippen molar-refractivity contribution in [1.29, 1.82) is 0 Å². The van der Waals surface area contributed by atoms with E-state index in [-0.39, 0.29) is 44.6 Å². The van der Waals surface area contributed by atoms with Gasteiger partial charge in [0, 0.05) is 26.2 Å². The molecule has 0 bridgehead atoms. The summed E-state index contributed by atoms with van der Waals surface area (Å²) < 4.78 is 44.5. The Balaban J connectivity index is 1.49. The Morgan fingerprint density at radius 3 is 2.24 bits per heavy atom. The van der Waals surface area contributed by atoms with Crippen molar-refractivity contribution >= 4 is 11.8 Å². The number of likely N-dealkylation sites (tertiary alicyclic amines) is 1. The van der Waals surface area contributed by atoms with Gasteiger partial charge in [-0.25, -0.2) is 0 Å². The predicted molar refractivity (Wildman–Crippen MR) is 77.1 cm³/mol. The number of carbonyl (C=O) groups is 2. The molecule has 2 aliphatic rings. The van der Waals surface area contributed by atoms with Crippen molar-refractivity contribution < 1.29 is 27.5 Å². The first-order chi connectivity index (χ1) is 11.9. The molecule has 0 aliphatic carbocycles. The number of halogens is 3. The number of fused-ring (bicyclic) bond motifs is 1. The molecule has 0 spiro atoms. The first-order valence-electron chi connectivity index (χ1n) is 7.99. The van der Waals surface area contributed by atoms with Crippen LogP contribution in [0.4, 0.5) is 13.2 Å². The highest BCUT2D eigenvalue weighted by Crippen LogP contribution is 2.29. The van der Waals surface area contributed by atoms with E-state index in [2.05, 4.69) is 10.2 Å². The maximum atomic E-state index is 12.8. The highest BCUT2D eigenvalue weighted by Gasteiger charge is 2.39. The summed E-state index contributed by atoms with van der Waals surface area (Å²) in [5, 5.41) is 6.67. The highest BCUT2D eigenvalue weighted by atomic mass is 19.4. The Hall–Kier alpha value is -2.17. The third-order valence-electron chi connectivity index (χ3n) is 4.27. The summed E-state index contributed by atoms with van der Waals surface area (Å²) in [5.41, 5.74) is 0. The molecular formula is C14H18F3N5O3. The lowest BCUT2D eigenvalue weighted by molar-refractivity contribution is -0.148. The van der Waals surface area contributed by atoms with Crippen molar-refractivity contribution in [3.63, 3.8) is 0 Å². The van der Waals surface area contributed by atoms with Crippen LogP contribution in [-0.4, -0.2) is 69.2 Å². The summed E-state index contributed by atoms with van der Waals surface area (Å²) in [6.07, 6.45) is -2.63. The second-order valence-corrected chi connectivity index (χ2v) is 5.99. The van der Waals surface area contributed by atoms with Gasteiger partial charge in [-0.15, -0.1) is 10.2 Å². The number of hydrogen-bond donors (Lipinski definition) is 0. The zero-order valence-corrected chi connectivity index (χ0v) is 13.5. The van der Waals surface area contributed by atoms with E-state index >= 15 is 0 Å². The van der Waals surface area contributed by atoms with E-state index in [1.54, 1.807) is 4.90 Å². The van der Waals surface area contributed by atoms with Crippen molar-refractivity contribution in [1.82, 2.24) is 24.6 Å². The fraction of sp³-hybridized carbons (Fsp3) is 0.714. The zero-order valence-electron chi connectivity index (χ0n) is 13.5. The number of nitrogens with zero attached hydrogens (tertiary/aromatic N) is 5. The Bertz CT molecular complexity index is 655. The second kappa shape index (κ2) is 6.98. The van der Waals surface area contributed by atoms with Gasteiger partial charge in [-0.3, -0.25) is 9.59 Å². The molecule has 1 aromatic heterocycles. The van der Waals surface area contributed by atoms with E-state index in [1.807, 2.05) is 0 Å². The molecule has 1 aromatic rings. The molecule has 0 N–H and O–H groups in total. The molecule has 3 heterocycles. The van der Waals surface area contributed by atoms with Gasteiger partial charge in [0.15, 0.2) is 5.82 Å². The third kappa shape index (κ3) is 3.91. The van der Waals surface area contributed by atoms with Crippen LogP contribution in [0.3, 0.4) is 0 Å². The normalized spacial score (nSPS) is 17.7. The molecule has 1 saturated heterocycles. The van der Waals surface area contributed by atoms with E-state index in [1.165, 1.54) is 4.90 Å². The van der Waals surface area contributed by atoms with Gasteiger partial charge in [0.25, 0.3) is 0 Å². The van der Waals surface area contributed by atoms with Gasteiger partial charge in [0.2, 0.25) is 17.6 Å². The molecule has 8 nitrogen and oxygen atoms in total. The van der Waals surface area contributed by atoms with E-state index < -0.39 is 17.9 Å². The third-order valence-corrected chi connectivity index (χ3v) is 4.27. The molecule has 1 fully saturated rings. The highest BCUT2D eigenvalue weighted by molar-refractivity contribution is 5.80. The van der Waals surface area contributed by atoms with Crippen LogP contribution < -0.4 is 0 Å². The molecule has 2 amide bonds. The predicted octanol–water partition coefficient (Wildman–Crippen LogP) is 0.278. The van der Waals surface area contributed by atoms with Gasteiger partial charge in [-0.05, 0) is 12.8 Å². The number of carbonyl (C=O) groups excluding carboxylic acids is 2. The van der Waals surface area contributed by atoms with Crippen LogP contribution in [0.5, 0.6) is 0 Å². The number of aromatic nitrogens is 3. The molecule has 0 atom stereocenters. The van der Waals surface area contributed by atoms with Gasteiger partial charge >= 0.3 is 6.18 Å². The molecule has 0 aromatic carbocycles. The Morgan fingerprint density at radius 1 is 0.960 bits per heavy atom. The van der Waals surface area contributed by atoms with Gasteiger partial charge in [0.05, 0.1) is 6.54 Å². The van der Waals surface area contributed by atoms with E-state index in [4.69, 9.17) is 4.74 Å². The molecule has 0 saturated carbocycles. The Labute approximate surface area is 141 Å². The maximum absolute atomic E-state index is 12.8. The van der Waals surface area contributed by atoms with E-state index in [0.717, 1.165) is 17.4 Å². The van der Waals surface area contributed by atoms with Gasteiger partial charge in [-0.2, -0.15) is 13.2 Å². The van der Waals surface area contributed by atoms with E-state index in [9.17, 15) is 22.8 Å². The van der Waals surface area contributed by atoms with Gasteiger partial charge in [0.1, 0.15) is 13.2 Å². The fourth-order valence-corrected chi connectivity index (χ4v) is 2.96. The minimum Gasteiger partial charge on any atom is -0.362 e. The summed E-state index contributed by atoms with van der Waals surface area (Å²) >= 11 is 0. The molecule has 2 aliphatic heterocycles. The minimum absolute atomic E-state index is 0.0321. The summed E-state index contributed by atoms with van der Waals surface area (Å²) in [7, 11) is 0. The lowest BCUT2D eigenvalue weighted by Gasteiger charge is -2.28. The second-order valence-electron chi connectivity index (χ2n) is 5.99. The molecular weight excluding hydrogens is 343 g/mol. The quantitative estimate of drug-likeness (QED) is 0.770. The van der Waals surface area contributed by atoms with Crippen molar-refractivity contribution in [2.24, 2.45) is 0 Å². The lowest BCUT2D eigenvalue weighted by atomic mass is 10.3. The van der Waals surface area contributed by atoms with Crippen LogP contribution in [0, 0.1) is 0 Å². The molecule has 3 rings (SSSR count). The summed E-state index contributed by atoms with van der Waals surface area (Å²) in [5.74, 6) is -1.52. The van der Waals surface area contributed by atoms with Gasteiger partial charge in [-0.1, -0.05) is 0 Å². The molecule has 138 valence electrons. The Morgan fingerprint density at radius 2 is 1.60 bits per heavy atom. The van der Waals surface area contributed by atoms with Crippen LogP contribution in [0.25, 0.3) is 0 Å². The lowest BCUT2D eigenvalue weighted by Crippen LogP contribution is -2.41. The number of rotatable bonds is 4. The fourth-order valence-electron chi connectivity index (χ4n) is 2.96. The SMILES string of the molecule is O=C(COCC(=O)N1CCn2c(nnc2C(F)(F)F)C1)N1CCCC1. The zero-order chi connectivity index (χ0) is 18.0. The number of alkyl halides is 3. The average Bonchev–Trinajstić information content (AvgIpc) is 3.22.